The summed E-state index contributed by atoms with van der Waals surface area (Å²) in [4.78, 5) is 0. The van der Waals surface area contributed by atoms with Gasteiger partial charge < -0.3 is 9.87 Å². The average molecular weight is 165 g/mol. The molecule has 0 aromatic rings. The number of rotatable bonds is 5. The van der Waals surface area contributed by atoms with E-state index in [0.717, 1.165) is 0 Å². The second-order valence-corrected chi connectivity index (χ2v) is 2.79. The molecule has 1 atom stereocenters. The van der Waals surface area contributed by atoms with E-state index < -0.39 is 11.3 Å². The summed E-state index contributed by atoms with van der Waals surface area (Å²) in [5.41, 5.74) is 0. The van der Waals surface area contributed by atoms with E-state index in [-0.39, 0.29) is 0 Å². The van der Waals surface area contributed by atoms with Gasteiger partial charge in [0.15, 0.2) is 0 Å². The third kappa shape index (κ3) is 3.94. The second kappa shape index (κ2) is 5.79. The standard InChI is InChI=1S/C5H14N2O2S/c1-3-7(10(8)9)5-4-6-2/h6H,3-5H2,1-2H3,(H,8,9)/p-1. The fourth-order valence-electron chi connectivity index (χ4n) is 0.575. The van der Waals surface area contributed by atoms with Crippen LogP contribution in [0.2, 0.25) is 0 Å². The molecule has 62 valence electrons. The van der Waals surface area contributed by atoms with Crippen molar-refractivity contribution in [1.82, 2.24) is 9.62 Å². The Morgan fingerprint density at radius 1 is 1.70 bits per heavy atom. The van der Waals surface area contributed by atoms with Crippen LogP contribution in [0.4, 0.5) is 0 Å². The van der Waals surface area contributed by atoms with Crippen LogP contribution in [-0.4, -0.2) is 39.7 Å². The highest BCUT2D eigenvalue weighted by atomic mass is 32.2. The van der Waals surface area contributed by atoms with Crippen molar-refractivity contribution >= 4 is 11.3 Å². The normalized spacial score (nSPS) is 14.0. The highest BCUT2D eigenvalue weighted by Crippen LogP contribution is 1.88. The third-order valence-electron chi connectivity index (χ3n) is 1.17. The third-order valence-corrected chi connectivity index (χ3v) is 2.04. The number of nitrogens with one attached hydrogen (secondary N) is 1. The van der Waals surface area contributed by atoms with Crippen molar-refractivity contribution in [2.75, 3.05) is 26.7 Å². The molecule has 0 fully saturated rings. The molecule has 0 saturated carbocycles. The topological polar surface area (TPSA) is 55.4 Å². The minimum absolute atomic E-state index is 0.539. The summed E-state index contributed by atoms with van der Waals surface area (Å²) in [6.07, 6.45) is 0. The molecule has 0 aliphatic heterocycles. The van der Waals surface area contributed by atoms with E-state index in [1.165, 1.54) is 4.31 Å². The minimum Gasteiger partial charge on any atom is -0.760 e. The Kier molecular flexibility index (Phi) is 5.81. The zero-order valence-corrected chi connectivity index (χ0v) is 7.11. The van der Waals surface area contributed by atoms with Crippen molar-refractivity contribution in [3.05, 3.63) is 0 Å². The van der Waals surface area contributed by atoms with Crippen LogP contribution in [0.1, 0.15) is 6.92 Å². The van der Waals surface area contributed by atoms with Crippen molar-refractivity contribution in [2.24, 2.45) is 0 Å². The highest BCUT2D eigenvalue weighted by molar-refractivity contribution is 7.76. The zero-order valence-electron chi connectivity index (χ0n) is 6.29. The molecular formula is C5H13N2O2S-. The molecule has 0 saturated heterocycles. The molecule has 1 N–H and O–H groups in total. The van der Waals surface area contributed by atoms with Crippen LogP contribution in [0.25, 0.3) is 0 Å². The van der Waals surface area contributed by atoms with Crippen LogP contribution in [0.15, 0.2) is 0 Å². The van der Waals surface area contributed by atoms with Crippen LogP contribution in [0, 0.1) is 0 Å². The highest BCUT2D eigenvalue weighted by Gasteiger charge is 1.98. The average Bonchev–Trinajstić information content (AvgIpc) is 1.89. The molecule has 10 heavy (non-hydrogen) atoms. The molecule has 0 amide bonds. The minimum atomic E-state index is -2.06. The summed E-state index contributed by atoms with van der Waals surface area (Å²) in [5.74, 6) is 0. The van der Waals surface area contributed by atoms with E-state index in [4.69, 9.17) is 0 Å². The van der Waals surface area contributed by atoms with Gasteiger partial charge in [-0.25, -0.2) is 4.31 Å². The molecule has 0 aliphatic carbocycles. The molecule has 0 bridgehead atoms. The largest absolute Gasteiger partial charge is 0.760 e. The zero-order chi connectivity index (χ0) is 7.98. The van der Waals surface area contributed by atoms with Crippen molar-refractivity contribution < 1.29 is 8.76 Å². The van der Waals surface area contributed by atoms with Gasteiger partial charge in [0.2, 0.25) is 0 Å². The Bertz CT molecular complexity index is 110. The molecule has 4 nitrogen and oxygen atoms in total. The molecule has 0 aromatic carbocycles. The van der Waals surface area contributed by atoms with Crippen LogP contribution in [-0.2, 0) is 11.3 Å². The fraction of sp³-hybridized carbons (Fsp3) is 1.00. The molecular weight excluding hydrogens is 152 g/mol. The Labute approximate surface area is 64.0 Å². The van der Waals surface area contributed by atoms with Crippen molar-refractivity contribution in [1.29, 1.82) is 0 Å². The van der Waals surface area contributed by atoms with Gasteiger partial charge in [0.25, 0.3) is 0 Å². The van der Waals surface area contributed by atoms with Gasteiger partial charge in [0.05, 0.1) is 0 Å². The smallest absolute Gasteiger partial charge is 0.0227 e. The quantitative estimate of drug-likeness (QED) is 0.549. The van der Waals surface area contributed by atoms with E-state index in [1.807, 2.05) is 6.92 Å². The van der Waals surface area contributed by atoms with E-state index in [1.54, 1.807) is 7.05 Å². The van der Waals surface area contributed by atoms with Gasteiger partial charge in [-0.15, -0.1) is 0 Å². The first kappa shape index (κ1) is 10.0. The van der Waals surface area contributed by atoms with Gasteiger partial charge in [-0.1, -0.05) is 6.92 Å². The fourth-order valence-corrected chi connectivity index (χ4v) is 1.03. The predicted octanol–water partition coefficient (Wildman–Crippen LogP) is -0.678. The van der Waals surface area contributed by atoms with Crippen molar-refractivity contribution in [3.8, 4) is 0 Å². The Hall–Kier alpha value is 0.0300. The summed E-state index contributed by atoms with van der Waals surface area (Å²) >= 11 is -2.06. The first-order valence-electron chi connectivity index (χ1n) is 3.21. The van der Waals surface area contributed by atoms with Crippen LogP contribution < -0.4 is 5.32 Å². The molecule has 1 unspecified atom stereocenters. The van der Waals surface area contributed by atoms with Gasteiger partial charge in [-0.2, -0.15) is 0 Å². The molecule has 0 heterocycles. The van der Waals surface area contributed by atoms with E-state index >= 15 is 0 Å². The summed E-state index contributed by atoms with van der Waals surface area (Å²) < 4.78 is 22.0. The van der Waals surface area contributed by atoms with Gasteiger partial charge in [-0.3, -0.25) is 4.21 Å². The summed E-state index contributed by atoms with van der Waals surface area (Å²) in [5, 5.41) is 2.87. The lowest BCUT2D eigenvalue weighted by Crippen LogP contribution is -2.32. The van der Waals surface area contributed by atoms with Crippen LogP contribution in [0.5, 0.6) is 0 Å². The lowest BCUT2D eigenvalue weighted by Gasteiger charge is -2.21. The molecule has 0 rings (SSSR count). The summed E-state index contributed by atoms with van der Waals surface area (Å²) in [6.45, 7) is 3.59. The number of hydrogen-bond donors (Lipinski definition) is 1. The van der Waals surface area contributed by atoms with Crippen LogP contribution >= 0.6 is 0 Å². The lowest BCUT2D eigenvalue weighted by molar-refractivity contribution is 0.400. The van der Waals surface area contributed by atoms with Gasteiger partial charge >= 0.3 is 0 Å². The van der Waals surface area contributed by atoms with Crippen molar-refractivity contribution in [2.45, 2.75) is 6.92 Å². The van der Waals surface area contributed by atoms with Crippen molar-refractivity contribution in [3.63, 3.8) is 0 Å². The first-order chi connectivity index (χ1) is 4.72. The maximum atomic E-state index is 10.3. The van der Waals surface area contributed by atoms with Gasteiger partial charge in [0, 0.05) is 30.9 Å². The lowest BCUT2D eigenvalue weighted by atomic mass is 10.6. The molecule has 0 spiro atoms. The van der Waals surface area contributed by atoms with E-state index in [9.17, 15) is 8.76 Å². The summed E-state index contributed by atoms with van der Waals surface area (Å²) in [7, 11) is 1.79. The van der Waals surface area contributed by atoms with E-state index in [0.29, 0.717) is 19.6 Å². The Morgan fingerprint density at radius 3 is 2.60 bits per heavy atom. The molecule has 0 aromatic heterocycles. The first-order valence-corrected chi connectivity index (χ1v) is 4.24. The van der Waals surface area contributed by atoms with Crippen LogP contribution in [0.3, 0.4) is 0 Å². The number of nitrogens with zero attached hydrogens (tertiary/aromatic N) is 1. The predicted molar refractivity (Wildman–Crippen MR) is 40.1 cm³/mol. The summed E-state index contributed by atoms with van der Waals surface area (Å²) in [6, 6.07) is 0. The second-order valence-electron chi connectivity index (χ2n) is 1.84. The van der Waals surface area contributed by atoms with E-state index in [2.05, 4.69) is 5.32 Å². The Morgan fingerprint density at radius 2 is 2.30 bits per heavy atom. The van der Waals surface area contributed by atoms with Gasteiger partial charge in [0.1, 0.15) is 0 Å². The number of likely N-dealkylation sites (N-methyl/N-ethyl adjacent to an activating group) is 2. The van der Waals surface area contributed by atoms with Gasteiger partial charge in [-0.05, 0) is 7.05 Å². The molecule has 5 heteroatoms. The number of hydrogen-bond acceptors (Lipinski definition) is 3. The maximum absolute atomic E-state index is 10.3. The maximum Gasteiger partial charge on any atom is 0.0227 e. The monoisotopic (exact) mass is 165 g/mol. The molecule has 0 radical (unpaired) electrons. The Balaban J connectivity index is 3.50. The SMILES string of the molecule is CCN(CCNC)S(=O)[O-]. The molecule has 0 aliphatic rings.